The third-order valence-corrected chi connectivity index (χ3v) is 23.6. The molecule has 6 heteroatoms. The molecule has 4 nitrogen and oxygen atoms in total. The lowest BCUT2D eigenvalue weighted by atomic mass is 9.35. The summed E-state index contributed by atoms with van der Waals surface area (Å²) in [6.07, 6.45) is 9.07. The van der Waals surface area contributed by atoms with Crippen molar-refractivity contribution in [3.63, 3.8) is 0 Å². The summed E-state index contributed by atoms with van der Waals surface area (Å²) < 4.78 is 21.4. The van der Waals surface area contributed by atoms with E-state index < -0.39 is 16.6 Å². The number of carbonyl (C=O) groups excluding carboxylic acids is 1. The van der Waals surface area contributed by atoms with Gasteiger partial charge in [0.15, 0.2) is 16.6 Å². The molecule has 1 heterocycles. The number of rotatable bonds is 5. The van der Waals surface area contributed by atoms with Crippen LogP contribution in [0, 0.1) is 39.4 Å². The van der Waals surface area contributed by atoms with Crippen LogP contribution < -0.4 is 0 Å². The first-order valence-corrected chi connectivity index (χ1v) is 22.4. The van der Waals surface area contributed by atoms with Gasteiger partial charge in [-0.3, -0.25) is 4.79 Å². The van der Waals surface area contributed by atoms with Crippen LogP contribution in [0.3, 0.4) is 0 Å². The molecule has 1 saturated heterocycles. The van der Waals surface area contributed by atoms with Crippen LogP contribution in [0.1, 0.15) is 107 Å². The minimum absolute atomic E-state index is 0.00917. The Morgan fingerprint density at radius 1 is 0.850 bits per heavy atom. The van der Waals surface area contributed by atoms with E-state index in [-0.39, 0.29) is 37.8 Å². The van der Waals surface area contributed by atoms with Crippen LogP contribution in [0.15, 0.2) is 0 Å². The Kier molecular flexibility index (Phi) is 7.45. The average molecular weight is 591 g/mol. The first-order chi connectivity index (χ1) is 18.2. The second-order valence-electron chi connectivity index (χ2n) is 18.5. The quantitative estimate of drug-likeness (QED) is 0.300. The molecule has 0 amide bonds. The number of hydrogen-bond donors (Lipinski definition) is 0. The molecule has 0 N–H and O–H groups in total. The molecule has 0 aromatic carbocycles. The molecule has 4 saturated carbocycles. The lowest BCUT2D eigenvalue weighted by Crippen LogP contribution is -2.72. The number of ketones is 1. The van der Waals surface area contributed by atoms with Gasteiger partial charge in [-0.05, 0) is 98.0 Å². The monoisotopic (exact) mass is 590 g/mol. The molecule has 230 valence electrons. The Morgan fingerprint density at radius 3 is 2.12 bits per heavy atom. The van der Waals surface area contributed by atoms with E-state index in [1.54, 1.807) is 0 Å². The van der Waals surface area contributed by atoms with Crippen LogP contribution in [0.25, 0.3) is 0 Å². The molecule has 1 aliphatic heterocycles. The molecule has 8 atom stereocenters. The van der Waals surface area contributed by atoms with Crippen LogP contribution >= 0.6 is 0 Å². The molecule has 5 aliphatic rings. The fourth-order valence-corrected chi connectivity index (χ4v) is 12.7. The first kappa shape index (κ1) is 31.4. The molecule has 2 bridgehead atoms. The maximum atomic E-state index is 13.4. The normalized spacial score (nSPS) is 44.1. The Labute approximate surface area is 248 Å². The van der Waals surface area contributed by atoms with Crippen molar-refractivity contribution in [1.29, 1.82) is 0 Å². The number of Topliss-reactive ketones (excluding diaryl/α,β-unsaturated/α-hetero) is 1. The third kappa shape index (κ3) is 4.37. The summed E-state index contributed by atoms with van der Waals surface area (Å²) in [5.74, 6) is 2.05. The van der Waals surface area contributed by atoms with Gasteiger partial charge in [0, 0.05) is 29.3 Å². The number of fused-ring (bicyclic) bond motifs is 3. The Hall–Kier alpha value is -0.0162. The zero-order valence-corrected chi connectivity index (χ0v) is 30.2. The average Bonchev–Trinajstić information content (AvgIpc) is 3.11. The maximum absolute atomic E-state index is 13.4. The maximum Gasteiger partial charge on any atom is 0.192 e. The Morgan fingerprint density at radius 2 is 1.50 bits per heavy atom. The summed E-state index contributed by atoms with van der Waals surface area (Å²) in [4.78, 5) is 13.4. The van der Waals surface area contributed by atoms with Gasteiger partial charge >= 0.3 is 0 Å². The van der Waals surface area contributed by atoms with E-state index >= 15 is 0 Å². The van der Waals surface area contributed by atoms with E-state index in [1.807, 2.05) is 0 Å². The summed E-state index contributed by atoms with van der Waals surface area (Å²) in [6.45, 7) is 31.4. The third-order valence-electron chi connectivity index (χ3n) is 14.6. The molecular formula is C34H62O4Si2. The molecule has 0 spiro atoms. The lowest BCUT2D eigenvalue weighted by molar-refractivity contribution is -0.288. The fourth-order valence-electron chi connectivity index (χ4n) is 10.2. The highest BCUT2D eigenvalue weighted by Crippen LogP contribution is 2.74. The molecule has 0 aromatic heterocycles. The highest BCUT2D eigenvalue weighted by atomic mass is 28.4. The van der Waals surface area contributed by atoms with Gasteiger partial charge in [-0.25, -0.2) is 0 Å². The fraction of sp³-hybridized carbons (Fsp3) is 0.971. The summed E-state index contributed by atoms with van der Waals surface area (Å²) in [5, 5.41) is 0.360. The highest BCUT2D eigenvalue weighted by molar-refractivity contribution is 6.74. The van der Waals surface area contributed by atoms with Crippen molar-refractivity contribution in [3.05, 3.63) is 0 Å². The van der Waals surface area contributed by atoms with E-state index in [2.05, 4.69) is 81.6 Å². The molecular weight excluding hydrogens is 529 g/mol. The molecule has 0 unspecified atom stereocenters. The topological polar surface area (TPSA) is 44.8 Å². The number of hydrogen-bond acceptors (Lipinski definition) is 4. The van der Waals surface area contributed by atoms with Gasteiger partial charge in [0.2, 0.25) is 0 Å². The van der Waals surface area contributed by atoms with Crippen LogP contribution in [-0.2, 0) is 18.4 Å². The molecule has 5 fully saturated rings. The van der Waals surface area contributed by atoms with Crippen LogP contribution in [0.5, 0.6) is 0 Å². The van der Waals surface area contributed by atoms with Crippen molar-refractivity contribution < 1.29 is 18.4 Å². The minimum atomic E-state index is -2.03. The first-order valence-electron chi connectivity index (χ1n) is 16.6. The molecule has 40 heavy (non-hydrogen) atoms. The predicted octanol–water partition coefficient (Wildman–Crippen LogP) is 9.01. The second kappa shape index (κ2) is 9.49. The van der Waals surface area contributed by atoms with Gasteiger partial charge in [-0.2, -0.15) is 0 Å². The summed E-state index contributed by atoms with van der Waals surface area (Å²) in [7, 11) is -3.93. The zero-order chi connectivity index (χ0) is 29.8. The number of ether oxygens (including phenoxy) is 1. The van der Waals surface area contributed by atoms with E-state index in [4.69, 9.17) is 13.6 Å². The summed E-state index contributed by atoms with van der Waals surface area (Å²) in [6, 6.07) is 0. The zero-order valence-electron chi connectivity index (χ0n) is 28.2. The van der Waals surface area contributed by atoms with Gasteiger partial charge in [0.05, 0.1) is 19.3 Å². The summed E-state index contributed by atoms with van der Waals surface area (Å²) >= 11 is 0. The van der Waals surface area contributed by atoms with Crippen molar-refractivity contribution in [3.8, 4) is 0 Å². The standard InChI is InChI=1S/C34H62O4Si2/c1-29(2,3)39(9,10)37-22-33-17-13-18-34(23-36-21-33)25-16-19-31(7)24(14-15-27(31)35)32(25,8)28(20-26(33)34)38-40(11,12)30(4,5)6/h24-26,28H,13-23H2,1-12H3/t24-,25+,26+,28-,31-,32+,33-,34+/m1/s1. The molecule has 5 rings (SSSR count). The predicted molar refractivity (Wildman–Crippen MR) is 170 cm³/mol. The van der Waals surface area contributed by atoms with Crippen molar-refractivity contribution in [2.24, 2.45) is 39.4 Å². The van der Waals surface area contributed by atoms with Gasteiger partial charge in [-0.1, -0.05) is 61.8 Å². The van der Waals surface area contributed by atoms with Gasteiger partial charge in [-0.15, -0.1) is 0 Å². The van der Waals surface area contributed by atoms with Crippen LogP contribution in [-0.4, -0.2) is 48.3 Å². The Balaban J connectivity index is 1.59. The molecule has 0 radical (unpaired) electrons. The number of carbonyl (C=O) groups is 1. The van der Waals surface area contributed by atoms with Crippen LogP contribution in [0.2, 0.25) is 36.3 Å². The second-order valence-corrected chi connectivity index (χ2v) is 28.1. The lowest BCUT2D eigenvalue weighted by Gasteiger charge is -2.72. The van der Waals surface area contributed by atoms with Gasteiger partial charge < -0.3 is 13.6 Å². The summed E-state index contributed by atoms with van der Waals surface area (Å²) in [5.41, 5.74) is 0.0860. The SMILES string of the molecule is CC(C)(C)[Si](C)(C)OC[C@@]12CCC[C@]3(COC1)[C@H]1CC[C@@]4(C)C(=O)CC[C@H]4[C@]1(C)[C@H](O[Si](C)(C)C(C)(C)C)C[C@@H]23. The largest absolute Gasteiger partial charge is 0.416 e. The minimum Gasteiger partial charge on any atom is -0.416 e. The van der Waals surface area contributed by atoms with Crippen LogP contribution in [0.4, 0.5) is 0 Å². The smallest absolute Gasteiger partial charge is 0.192 e. The van der Waals surface area contributed by atoms with Crippen molar-refractivity contribution >= 4 is 22.4 Å². The van der Waals surface area contributed by atoms with Crippen molar-refractivity contribution in [2.45, 2.75) is 149 Å². The van der Waals surface area contributed by atoms with E-state index in [1.165, 1.54) is 19.3 Å². The Bertz CT molecular complexity index is 996. The molecule has 0 aromatic rings. The van der Waals surface area contributed by atoms with Crippen molar-refractivity contribution in [2.75, 3.05) is 19.8 Å². The van der Waals surface area contributed by atoms with E-state index in [0.717, 1.165) is 51.9 Å². The van der Waals surface area contributed by atoms with E-state index in [9.17, 15) is 4.79 Å². The van der Waals surface area contributed by atoms with E-state index in [0.29, 0.717) is 23.5 Å². The van der Waals surface area contributed by atoms with Crippen molar-refractivity contribution in [1.82, 2.24) is 0 Å². The highest BCUT2D eigenvalue weighted by Gasteiger charge is 2.73. The molecule has 4 aliphatic carbocycles. The van der Waals surface area contributed by atoms with Gasteiger partial charge in [0.25, 0.3) is 0 Å². The van der Waals surface area contributed by atoms with Gasteiger partial charge in [0.1, 0.15) is 5.78 Å².